The van der Waals surface area contributed by atoms with E-state index in [1.54, 1.807) is 6.92 Å². The molecule has 0 fully saturated rings. The van der Waals surface area contributed by atoms with Crippen LogP contribution in [0.3, 0.4) is 0 Å². The fraction of sp³-hybridized carbons (Fsp3) is 0.0667. The van der Waals surface area contributed by atoms with E-state index in [9.17, 15) is 24.8 Å². The molecule has 2 aromatic rings. The monoisotopic (exact) mass is 349 g/mol. The SMILES string of the molecule is Cc1cc(O)ccc1NC(=O)C(=O)Nc1cc([N+](=O)[O-])ccc1Cl. The summed E-state index contributed by atoms with van der Waals surface area (Å²) in [5.41, 5.74) is 0.584. The number of nitrogens with zero attached hydrogens (tertiary/aromatic N) is 1. The molecule has 0 spiro atoms. The molecule has 0 heterocycles. The predicted molar refractivity (Wildman–Crippen MR) is 88.2 cm³/mol. The molecule has 0 saturated carbocycles. The molecule has 0 aliphatic heterocycles. The van der Waals surface area contributed by atoms with Crippen LogP contribution >= 0.6 is 11.6 Å². The van der Waals surface area contributed by atoms with Gasteiger partial charge in [0.15, 0.2) is 0 Å². The third-order valence-electron chi connectivity index (χ3n) is 3.07. The number of aromatic hydroxyl groups is 1. The zero-order valence-corrected chi connectivity index (χ0v) is 13.1. The summed E-state index contributed by atoms with van der Waals surface area (Å²) in [5.74, 6) is -1.99. The number of halogens is 1. The Balaban J connectivity index is 2.13. The molecule has 2 aromatic carbocycles. The summed E-state index contributed by atoms with van der Waals surface area (Å²) in [5, 5.41) is 24.7. The zero-order chi connectivity index (χ0) is 17.9. The van der Waals surface area contributed by atoms with Crippen molar-refractivity contribution >= 4 is 40.5 Å². The van der Waals surface area contributed by atoms with Gasteiger partial charge in [-0.2, -0.15) is 0 Å². The number of hydrogen-bond donors (Lipinski definition) is 3. The van der Waals surface area contributed by atoms with Gasteiger partial charge in [0.2, 0.25) is 0 Å². The van der Waals surface area contributed by atoms with Crippen molar-refractivity contribution in [2.24, 2.45) is 0 Å². The lowest BCUT2D eigenvalue weighted by Crippen LogP contribution is -2.29. The summed E-state index contributed by atoms with van der Waals surface area (Å²) in [7, 11) is 0. The molecule has 0 radical (unpaired) electrons. The number of non-ortho nitro benzene ring substituents is 1. The van der Waals surface area contributed by atoms with E-state index in [-0.39, 0.29) is 22.1 Å². The maximum atomic E-state index is 11.9. The molecule has 9 heteroatoms. The topological polar surface area (TPSA) is 122 Å². The molecule has 8 nitrogen and oxygen atoms in total. The molecule has 0 saturated heterocycles. The quantitative estimate of drug-likeness (QED) is 0.340. The highest BCUT2D eigenvalue weighted by Crippen LogP contribution is 2.26. The van der Waals surface area contributed by atoms with Gasteiger partial charge in [-0.05, 0) is 36.8 Å². The minimum absolute atomic E-state index is 0.0262. The lowest BCUT2D eigenvalue weighted by molar-refractivity contribution is -0.384. The highest BCUT2D eigenvalue weighted by molar-refractivity contribution is 6.44. The average molecular weight is 350 g/mol. The van der Waals surface area contributed by atoms with Crippen LogP contribution in [0.1, 0.15) is 5.56 Å². The van der Waals surface area contributed by atoms with Gasteiger partial charge in [0.05, 0.1) is 15.6 Å². The normalized spacial score (nSPS) is 10.1. The Kier molecular flexibility index (Phi) is 5.00. The minimum atomic E-state index is -1.04. The maximum Gasteiger partial charge on any atom is 0.314 e. The molecular weight excluding hydrogens is 338 g/mol. The van der Waals surface area contributed by atoms with Gasteiger partial charge in [0, 0.05) is 17.8 Å². The second-order valence-electron chi connectivity index (χ2n) is 4.83. The Morgan fingerprint density at radius 2 is 1.71 bits per heavy atom. The van der Waals surface area contributed by atoms with Crippen molar-refractivity contribution in [1.29, 1.82) is 0 Å². The summed E-state index contributed by atoms with van der Waals surface area (Å²) >= 11 is 5.86. The van der Waals surface area contributed by atoms with Gasteiger partial charge in [-0.15, -0.1) is 0 Å². The Morgan fingerprint density at radius 1 is 1.08 bits per heavy atom. The van der Waals surface area contributed by atoms with E-state index in [0.717, 1.165) is 6.07 Å². The summed E-state index contributed by atoms with van der Waals surface area (Å²) in [6.07, 6.45) is 0. The number of aryl methyl sites for hydroxylation is 1. The number of rotatable bonds is 3. The Labute approximate surface area is 141 Å². The second kappa shape index (κ2) is 6.97. The van der Waals surface area contributed by atoms with Gasteiger partial charge in [-0.3, -0.25) is 19.7 Å². The van der Waals surface area contributed by atoms with Crippen LogP contribution in [0.2, 0.25) is 5.02 Å². The first-order chi connectivity index (χ1) is 11.3. The number of amides is 2. The number of phenolic OH excluding ortho intramolecular Hbond substituents is 1. The van der Waals surface area contributed by atoms with Crippen molar-refractivity contribution in [1.82, 2.24) is 0 Å². The summed E-state index contributed by atoms with van der Waals surface area (Å²) < 4.78 is 0. The van der Waals surface area contributed by atoms with E-state index in [1.807, 2.05) is 0 Å². The second-order valence-corrected chi connectivity index (χ2v) is 5.24. The molecule has 0 aliphatic rings. The van der Waals surface area contributed by atoms with Crippen molar-refractivity contribution in [2.75, 3.05) is 10.6 Å². The number of phenols is 1. The Bertz CT molecular complexity index is 838. The first-order valence-corrected chi connectivity index (χ1v) is 7.01. The van der Waals surface area contributed by atoms with Crippen LogP contribution in [0.15, 0.2) is 36.4 Å². The lowest BCUT2D eigenvalue weighted by atomic mass is 10.2. The van der Waals surface area contributed by atoms with Gasteiger partial charge in [-0.25, -0.2) is 0 Å². The highest BCUT2D eigenvalue weighted by Gasteiger charge is 2.18. The van der Waals surface area contributed by atoms with Crippen LogP contribution in [0.5, 0.6) is 5.75 Å². The third kappa shape index (κ3) is 3.99. The Morgan fingerprint density at radius 3 is 2.29 bits per heavy atom. The number of nitro benzene ring substituents is 1. The fourth-order valence-corrected chi connectivity index (χ4v) is 2.03. The zero-order valence-electron chi connectivity index (χ0n) is 12.4. The number of nitrogens with one attached hydrogen (secondary N) is 2. The summed E-state index contributed by atoms with van der Waals surface area (Å²) in [6, 6.07) is 7.70. The number of carbonyl (C=O) groups excluding carboxylic acids is 2. The van der Waals surface area contributed by atoms with E-state index in [1.165, 1.54) is 30.3 Å². The standard InChI is InChI=1S/C15H12ClN3O5/c1-8-6-10(20)3-5-12(8)17-14(21)15(22)18-13-7-9(19(23)24)2-4-11(13)16/h2-7,20H,1H3,(H,17,21)(H,18,22). The Hall–Kier alpha value is -3.13. The molecular formula is C15H12ClN3O5. The van der Waals surface area contributed by atoms with Crippen LogP contribution in [0.25, 0.3) is 0 Å². The van der Waals surface area contributed by atoms with E-state index < -0.39 is 16.7 Å². The molecule has 124 valence electrons. The maximum absolute atomic E-state index is 11.9. The van der Waals surface area contributed by atoms with Crippen molar-refractivity contribution in [3.63, 3.8) is 0 Å². The fourth-order valence-electron chi connectivity index (χ4n) is 1.87. The number of benzene rings is 2. The third-order valence-corrected chi connectivity index (χ3v) is 3.40. The van der Waals surface area contributed by atoms with Crippen LogP contribution in [-0.2, 0) is 9.59 Å². The first-order valence-electron chi connectivity index (χ1n) is 6.64. The molecule has 2 amide bonds. The van der Waals surface area contributed by atoms with Crippen LogP contribution in [0, 0.1) is 17.0 Å². The van der Waals surface area contributed by atoms with E-state index in [0.29, 0.717) is 11.3 Å². The molecule has 0 atom stereocenters. The van der Waals surface area contributed by atoms with Crippen molar-refractivity contribution in [2.45, 2.75) is 6.92 Å². The van der Waals surface area contributed by atoms with Crippen molar-refractivity contribution in [3.05, 3.63) is 57.1 Å². The van der Waals surface area contributed by atoms with Gasteiger partial charge in [0.1, 0.15) is 5.75 Å². The molecule has 24 heavy (non-hydrogen) atoms. The predicted octanol–water partition coefficient (Wildman–Crippen LogP) is 2.84. The lowest BCUT2D eigenvalue weighted by Gasteiger charge is -2.10. The number of carbonyl (C=O) groups is 2. The average Bonchev–Trinajstić information content (AvgIpc) is 2.51. The van der Waals surface area contributed by atoms with E-state index in [4.69, 9.17) is 11.6 Å². The van der Waals surface area contributed by atoms with Crippen LogP contribution < -0.4 is 10.6 Å². The number of anilines is 2. The van der Waals surface area contributed by atoms with Crippen molar-refractivity contribution < 1.29 is 19.6 Å². The van der Waals surface area contributed by atoms with Gasteiger partial charge < -0.3 is 15.7 Å². The number of nitro groups is 1. The van der Waals surface area contributed by atoms with E-state index in [2.05, 4.69) is 10.6 Å². The molecule has 0 unspecified atom stereocenters. The summed E-state index contributed by atoms with van der Waals surface area (Å²) in [6.45, 7) is 1.64. The highest BCUT2D eigenvalue weighted by atomic mass is 35.5. The molecule has 2 rings (SSSR count). The van der Waals surface area contributed by atoms with Crippen molar-refractivity contribution in [3.8, 4) is 5.75 Å². The summed E-state index contributed by atoms with van der Waals surface area (Å²) in [4.78, 5) is 33.9. The van der Waals surface area contributed by atoms with Gasteiger partial charge in [0.25, 0.3) is 5.69 Å². The smallest absolute Gasteiger partial charge is 0.314 e. The molecule has 0 bridgehead atoms. The largest absolute Gasteiger partial charge is 0.508 e. The van der Waals surface area contributed by atoms with E-state index >= 15 is 0 Å². The molecule has 3 N–H and O–H groups in total. The first kappa shape index (κ1) is 17.2. The molecule has 0 aliphatic carbocycles. The van der Waals surface area contributed by atoms with Gasteiger partial charge in [-0.1, -0.05) is 11.6 Å². The van der Waals surface area contributed by atoms with Crippen LogP contribution in [-0.4, -0.2) is 21.8 Å². The van der Waals surface area contributed by atoms with Crippen LogP contribution in [0.4, 0.5) is 17.1 Å². The molecule has 0 aromatic heterocycles. The number of hydrogen-bond acceptors (Lipinski definition) is 5. The van der Waals surface area contributed by atoms with Gasteiger partial charge >= 0.3 is 11.8 Å². The minimum Gasteiger partial charge on any atom is -0.508 e.